The summed E-state index contributed by atoms with van der Waals surface area (Å²) in [6.07, 6.45) is 2.38. The second-order valence-electron chi connectivity index (χ2n) is 5.90. The van der Waals surface area contributed by atoms with Gasteiger partial charge >= 0.3 is 0 Å². The van der Waals surface area contributed by atoms with Crippen molar-refractivity contribution in [2.45, 2.75) is 36.7 Å². The molecule has 1 saturated carbocycles. The molecule has 3 rings (SSSR count). The predicted molar refractivity (Wildman–Crippen MR) is 91.7 cm³/mol. The quantitative estimate of drug-likeness (QED) is 0.680. The molecule has 2 aromatic rings. The molecule has 2 nitrogen and oxygen atoms in total. The third-order valence-electron chi connectivity index (χ3n) is 4.00. The zero-order valence-corrected chi connectivity index (χ0v) is 14.1. The van der Waals surface area contributed by atoms with Crippen molar-refractivity contribution in [2.75, 3.05) is 5.75 Å². The molecule has 0 aliphatic heterocycles. The number of halogens is 2. The standard InChI is InChI=1S/C19H19F2NOS/c20-15-5-9-17(10-6-15)24-12-11-19(23)22(16-7-8-16)13-14-3-1-2-4-18(14)21/h1-6,9-10,16H,7-8,11-13H2. The molecule has 1 aliphatic rings. The van der Waals surface area contributed by atoms with Gasteiger partial charge in [-0.2, -0.15) is 0 Å². The van der Waals surface area contributed by atoms with Crippen LogP contribution in [0, 0.1) is 11.6 Å². The zero-order chi connectivity index (χ0) is 16.9. The number of benzene rings is 2. The maximum absolute atomic E-state index is 13.8. The third-order valence-corrected chi connectivity index (χ3v) is 5.02. The summed E-state index contributed by atoms with van der Waals surface area (Å²) < 4.78 is 26.7. The van der Waals surface area contributed by atoms with Crippen molar-refractivity contribution in [1.82, 2.24) is 4.90 Å². The molecule has 1 aliphatic carbocycles. The summed E-state index contributed by atoms with van der Waals surface area (Å²) >= 11 is 1.53. The van der Waals surface area contributed by atoms with E-state index in [0.717, 1.165) is 17.7 Å². The average Bonchev–Trinajstić information content (AvgIpc) is 3.40. The van der Waals surface area contributed by atoms with E-state index in [1.807, 2.05) is 0 Å². The average molecular weight is 347 g/mol. The number of hydrogen-bond acceptors (Lipinski definition) is 2. The molecule has 0 atom stereocenters. The first-order valence-corrected chi connectivity index (χ1v) is 9.03. The van der Waals surface area contributed by atoms with E-state index in [0.29, 0.717) is 24.3 Å². The van der Waals surface area contributed by atoms with E-state index in [9.17, 15) is 13.6 Å². The van der Waals surface area contributed by atoms with Crippen LogP contribution in [0.25, 0.3) is 0 Å². The molecule has 5 heteroatoms. The highest BCUT2D eigenvalue weighted by Crippen LogP contribution is 2.30. The van der Waals surface area contributed by atoms with Gasteiger partial charge in [0.2, 0.25) is 5.91 Å². The van der Waals surface area contributed by atoms with Crippen LogP contribution in [0.3, 0.4) is 0 Å². The van der Waals surface area contributed by atoms with Crippen molar-refractivity contribution in [2.24, 2.45) is 0 Å². The summed E-state index contributed by atoms with van der Waals surface area (Å²) in [4.78, 5) is 15.3. The fraction of sp³-hybridized carbons (Fsp3) is 0.316. The molecule has 0 heterocycles. The summed E-state index contributed by atoms with van der Waals surface area (Å²) in [6.45, 7) is 0.331. The lowest BCUT2D eigenvalue weighted by Gasteiger charge is -2.23. The number of carbonyl (C=O) groups is 1. The van der Waals surface area contributed by atoms with E-state index in [1.54, 1.807) is 35.2 Å². The molecule has 0 bridgehead atoms. The fourth-order valence-corrected chi connectivity index (χ4v) is 3.39. The Balaban J connectivity index is 1.55. The Labute approximate surface area is 144 Å². The van der Waals surface area contributed by atoms with Gasteiger partial charge in [-0.1, -0.05) is 18.2 Å². The van der Waals surface area contributed by atoms with Crippen molar-refractivity contribution in [3.8, 4) is 0 Å². The van der Waals surface area contributed by atoms with E-state index in [4.69, 9.17) is 0 Å². The summed E-state index contributed by atoms with van der Waals surface area (Å²) in [5, 5.41) is 0. The van der Waals surface area contributed by atoms with Gasteiger partial charge in [-0.05, 0) is 43.2 Å². The van der Waals surface area contributed by atoms with Crippen LogP contribution in [-0.2, 0) is 11.3 Å². The Kier molecular flexibility index (Phi) is 5.51. The smallest absolute Gasteiger partial charge is 0.223 e. The molecule has 0 spiro atoms. The molecular weight excluding hydrogens is 328 g/mol. The molecule has 126 valence electrons. The maximum Gasteiger partial charge on any atom is 0.223 e. The van der Waals surface area contributed by atoms with E-state index >= 15 is 0 Å². The molecule has 0 unspecified atom stereocenters. The second-order valence-corrected chi connectivity index (χ2v) is 7.06. The minimum absolute atomic E-state index is 0.0513. The van der Waals surface area contributed by atoms with Gasteiger partial charge in [-0.15, -0.1) is 11.8 Å². The first-order valence-electron chi connectivity index (χ1n) is 8.05. The summed E-state index contributed by atoms with van der Waals surface area (Å²) in [6, 6.07) is 13.1. The Morgan fingerprint density at radius 1 is 1.08 bits per heavy atom. The Bertz CT molecular complexity index is 701. The van der Waals surface area contributed by atoms with Crippen LogP contribution in [0.5, 0.6) is 0 Å². The highest BCUT2D eigenvalue weighted by Gasteiger charge is 2.32. The molecule has 0 aromatic heterocycles. The molecule has 24 heavy (non-hydrogen) atoms. The molecule has 1 fully saturated rings. The number of rotatable bonds is 7. The van der Waals surface area contributed by atoms with Crippen molar-refractivity contribution in [3.05, 3.63) is 65.7 Å². The molecule has 2 aromatic carbocycles. The van der Waals surface area contributed by atoms with E-state index in [1.165, 1.54) is 30.0 Å². The third kappa shape index (κ3) is 4.57. The first kappa shape index (κ1) is 17.0. The van der Waals surface area contributed by atoms with Gasteiger partial charge in [0.25, 0.3) is 0 Å². The number of nitrogens with zero attached hydrogens (tertiary/aromatic N) is 1. The maximum atomic E-state index is 13.8. The SMILES string of the molecule is O=C(CCSc1ccc(F)cc1)N(Cc1ccccc1F)C1CC1. The van der Waals surface area contributed by atoms with Crippen LogP contribution in [0.2, 0.25) is 0 Å². The zero-order valence-electron chi connectivity index (χ0n) is 13.3. The van der Waals surface area contributed by atoms with Crippen LogP contribution in [-0.4, -0.2) is 22.6 Å². The summed E-state index contributed by atoms with van der Waals surface area (Å²) in [5.74, 6) is 0.150. The van der Waals surface area contributed by atoms with Crippen molar-refractivity contribution in [3.63, 3.8) is 0 Å². The van der Waals surface area contributed by atoms with Gasteiger partial charge < -0.3 is 4.90 Å². The van der Waals surface area contributed by atoms with Gasteiger partial charge in [-0.25, -0.2) is 8.78 Å². The lowest BCUT2D eigenvalue weighted by atomic mass is 10.2. The summed E-state index contributed by atoms with van der Waals surface area (Å²) in [7, 11) is 0. The number of hydrogen-bond donors (Lipinski definition) is 0. The monoisotopic (exact) mass is 347 g/mol. The predicted octanol–water partition coefficient (Wildman–Crippen LogP) is 4.64. The van der Waals surface area contributed by atoms with E-state index in [2.05, 4.69) is 0 Å². The van der Waals surface area contributed by atoms with E-state index < -0.39 is 0 Å². The van der Waals surface area contributed by atoms with Crippen LogP contribution in [0.1, 0.15) is 24.8 Å². The van der Waals surface area contributed by atoms with Crippen LogP contribution in [0.4, 0.5) is 8.78 Å². The minimum atomic E-state index is -0.267. The van der Waals surface area contributed by atoms with Gasteiger partial charge in [0, 0.05) is 35.2 Å². The molecule has 0 radical (unpaired) electrons. The Morgan fingerprint density at radius 2 is 1.79 bits per heavy atom. The van der Waals surface area contributed by atoms with Crippen molar-refractivity contribution >= 4 is 17.7 Å². The molecule has 0 N–H and O–H groups in total. The largest absolute Gasteiger partial charge is 0.335 e. The fourth-order valence-electron chi connectivity index (χ4n) is 2.55. The van der Waals surface area contributed by atoms with Crippen molar-refractivity contribution in [1.29, 1.82) is 0 Å². The number of carbonyl (C=O) groups excluding carboxylic acids is 1. The topological polar surface area (TPSA) is 20.3 Å². The van der Waals surface area contributed by atoms with E-state index in [-0.39, 0.29) is 23.6 Å². The number of amides is 1. The normalized spacial score (nSPS) is 13.8. The Morgan fingerprint density at radius 3 is 2.46 bits per heavy atom. The van der Waals surface area contributed by atoms with Crippen molar-refractivity contribution < 1.29 is 13.6 Å². The van der Waals surface area contributed by atoms with Gasteiger partial charge in [0.15, 0.2) is 0 Å². The van der Waals surface area contributed by atoms with Crippen LogP contribution >= 0.6 is 11.8 Å². The highest BCUT2D eigenvalue weighted by atomic mass is 32.2. The second kappa shape index (κ2) is 7.79. The first-order chi connectivity index (χ1) is 11.6. The van der Waals surface area contributed by atoms with Gasteiger partial charge in [0.1, 0.15) is 11.6 Å². The Hall–Kier alpha value is -1.88. The molecular formula is C19H19F2NOS. The molecule has 0 saturated heterocycles. The van der Waals surface area contributed by atoms with Gasteiger partial charge in [-0.3, -0.25) is 4.79 Å². The van der Waals surface area contributed by atoms with Gasteiger partial charge in [0.05, 0.1) is 0 Å². The lowest BCUT2D eigenvalue weighted by molar-refractivity contribution is -0.132. The number of thioether (sulfide) groups is 1. The summed E-state index contributed by atoms with van der Waals surface area (Å²) in [5.41, 5.74) is 0.559. The van der Waals surface area contributed by atoms with Crippen LogP contribution < -0.4 is 0 Å². The highest BCUT2D eigenvalue weighted by molar-refractivity contribution is 7.99. The lowest BCUT2D eigenvalue weighted by Crippen LogP contribution is -2.33. The molecule has 1 amide bonds. The van der Waals surface area contributed by atoms with Crippen LogP contribution in [0.15, 0.2) is 53.4 Å². The minimum Gasteiger partial charge on any atom is -0.335 e.